The number of carboxylic acid groups (broad SMARTS) is 1. The zero-order valence-corrected chi connectivity index (χ0v) is 14.5. The summed E-state index contributed by atoms with van der Waals surface area (Å²) in [5.74, 6) is -1.11. The number of hydrogen-bond acceptors (Lipinski definition) is 5. The first-order valence-corrected chi connectivity index (χ1v) is 8.59. The lowest BCUT2D eigenvalue weighted by Gasteiger charge is -2.19. The van der Waals surface area contributed by atoms with E-state index in [2.05, 4.69) is 10.2 Å². The summed E-state index contributed by atoms with van der Waals surface area (Å²) in [7, 11) is 0. The highest BCUT2D eigenvalue weighted by molar-refractivity contribution is 7.99. The van der Waals surface area contributed by atoms with Crippen LogP contribution in [0.15, 0.2) is 35.7 Å². The topological polar surface area (TPSA) is 88.3 Å². The molecule has 0 saturated heterocycles. The van der Waals surface area contributed by atoms with E-state index < -0.39 is 5.97 Å². The number of benzene rings is 1. The molecule has 1 heterocycles. The van der Waals surface area contributed by atoms with Crippen LogP contribution in [0, 0.1) is 6.92 Å². The van der Waals surface area contributed by atoms with Crippen molar-refractivity contribution < 1.29 is 14.7 Å². The Balaban J connectivity index is 2.04. The van der Waals surface area contributed by atoms with Gasteiger partial charge >= 0.3 is 5.97 Å². The lowest BCUT2D eigenvalue weighted by atomic mass is 10.2. The van der Waals surface area contributed by atoms with Gasteiger partial charge in [0.25, 0.3) is 0 Å². The van der Waals surface area contributed by atoms with Gasteiger partial charge in [-0.1, -0.05) is 36.4 Å². The molecular formula is C16H20N4O3S. The molecule has 7 nitrogen and oxygen atoms in total. The van der Waals surface area contributed by atoms with Gasteiger partial charge in [-0.3, -0.25) is 14.2 Å². The molecule has 1 aromatic heterocycles. The van der Waals surface area contributed by atoms with Gasteiger partial charge in [0.15, 0.2) is 5.16 Å². The zero-order valence-electron chi connectivity index (χ0n) is 13.7. The first-order valence-electron chi connectivity index (χ1n) is 7.60. The highest BCUT2D eigenvalue weighted by Gasteiger charge is 2.17. The molecule has 0 fully saturated rings. The molecule has 2 rings (SSSR count). The van der Waals surface area contributed by atoms with Crippen molar-refractivity contribution >= 4 is 23.6 Å². The molecule has 0 atom stereocenters. The Morgan fingerprint density at radius 3 is 2.62 bits per heavy atom. The van der Waals surface area contributed by atoms with E-state index in [0.29, 0.717) is 18.1 Å². The molecule has 0 aliphatic rings. The van der Waals surface area contributed by atoms with Crippen molar-refractivity contribution in [3.05, 3.63) is 36.2 Å². The Hall–Kier alpha value is -2.35. The second-order valence-electron chi connectivity index (χ2n) is 5.32. The number of hydrogen-bond donors (Lipinski definition) is 1. The number of nitrogens with zero attached hydrogens (tertiary/aromatic N) is 4. The van der Waals surface area contributed by atoms with Crippen LogP contribution < -0.4 is 0 Å². The third-order valence-electron chi connectivity index (χ3n) is 3.33. The highest BCUT2D eigenvalue weighted by atomic mass is 32.2. The van der Waals surface area contributed by atoms with E-state index in [1.807, 2.05) is 38.1 Å². The van der Waals surface area contributed by atoms with Gasteiger partial charge in [0.05, 0.1) is 5.75 Å². The zero-order chi connectivity index (χ0) is 17.5. The minimum atomic E-state index is -1.01. The minimum absolute atomic E-state index is 0.123. The molecule has 1 amide bonds. The normalized spacial score (nSPS) is 10.6. The van der Waals surface area contributed by atoms with Gasteiger partial charge in [-0.15, -0.1) is 10.2 Å². The second kappa shape index (κ2) is 8.49. The van der Waals surface area contributed by atoms with Gasteiger partial charge in [-0.2, -0.15) is 0 Å². The van der Waals surface area contributed by atoms with Crippen LogP contribution in [0.1, 0.15) is 18.9 Å². The van der Waals surface area contributed by atoms with E-state index in [0.717, 1.165) is 11.3 Å². The standard InChI is InChI=1S/C16H20N4O3S/c1-3-8-19(9-15(22)23)14(21)10-24-16-18-17-11-20(16)13-6-4-12(2)5-7-13/h4-7,11H,3,8-10H2,1-2H3,(H,22,23). The molecule has 0 saturated carbocycles. The van der Waals surface area contributed by atoms with Gasteiger partial charge in [-0.05, 0) is 25.5 Å². The number of amides is 1. The van der Waals surface area contributed by atoms with Crippen molar-refractivity contribution in [1.29, 1.82) is 0 Å². The minimum Gasteiger partial charge on any atom is -0.480 e. The molecule has 24 heavy (non-hydrogen) atoms. The number of carboxylic acids is 1. The number of carbonyl (C=O) groups excluding carboxylic acids is 1. The molecule has 0 spiro atoms. The molecule has 8 heteroatoms. The summed E-state index contributed by atoms with van der Waals surface area (Å²) >= 11 is 1.25. The van der Waals surface area contributed by atoms with Crippen LogP contribution in [0.5, 0.6) is 0 Å². The van der Waals surface area contributed by atoms with Crippen LogP contribution in [0.2, 0.25) is 0 Å². The van der Waals surface area contributed by atoms with Gasteiger partial charge in [0.2, 0.25) is 5.91 Å². The average molecular weight is 348 g/mol. The van der Waals surface area contributed by atoms with Crippen molar-refractivity contribution in [3.8, 4) is 5.69 Å². The van der Waals surface area contributed by atoms with E-state index in [1.165, 1.54) is 16.7 Å². The largest absolute Gasteiger partial charge is 0.480 e. The smallest absolute Gasteiger partial charge is 0.323 e. The lowest BCUT2D eigenvalue weighted by molar-refractivity contribution is -0.143. The fourth-order valence-corrected chi connectivity index (χ4v) is 2.98. The summed E-state index contributed by atoms with van der Waals surface area (Å²) in [6.07, 6.45) is 2.31. The Kier molecular flexibility index (Phi) is 6.36. The molecule has 0 aliphatic carbocycles. The van der Waals surface area contributed by atoms with E-state index in [-0.39, 0.29) is 18.2 Å². The molecule has 0 aliphatic heterocycles. The van der Waals surface area contributed by atoms with Crippen LogP contribution in [-0.2, 0) is 9.59 Å². The maximum atomic E-state index is 12.2. The van der Waals surface area contributed by atoms with Crippen LogP contribution in [0.3, 0.4) is 0 Å². The third kappa shape index (κ3) is 4.82. The number of aliphatic carboxylic acids is 1. The number of carbonyl (C=O) groups is 2. The highest BCUT2D eigenvalue weighted by Crippen LogP contribution is 2.20. The quantitative estimate of drug-likeness (QED) is 0.734. The number of thioether (sulfide) groups is 1. The number of aromatic nitrogens is 3. The van der Waals surface area contributed by atoms with Crippen molar-refractivity contribution in [2.75, 3.05) is 18.8 Å². The van der Waals surface area contributed by atoms with Crippen LogP contribution in [0.4, 0.5) is 0 Å². The number of aryl methyl sites for hydroxylation is 1. The Morgan fingerprint density at radius 2 is 2.00 bits per heavy atom. The first-order chi connectivity index (χ1) is 11.5. The molecule has 1 aromatic carbocycles. The molecule has 2 aromatic rings. The number of rotatable bonds is 8. The molecule has 0 unspecified atom stereocenters. The lowest BCUT2D eigenvalue weighted by Crippen LogP contribution is -2.37. The Labute approximate surface area is 144 Å². The monoisotopic (exact) mass is 348 g/mol. The fourth-order valence-electron chi connectivity index (χ4n) is 2.15. The Morgan fingerprint density at radius 1 is 1.29 bits per heavy atom. The molecular weight excluding hydrogens is 328 g/mol. The third-order valence-corrected chi connectivity index (χ3v) is 4.25. The van der Waals surface area contributed by atoms with E-state index in [1.54, 1.807) is 10.9 Å². The van der Waals surface area contributed by atoms with Crippen LogP contribution in [-0.4, -0.2) is 55.5 Å². The predicted molar refractivity (Wildman–Crippen MR) is 91.3 cm³/mol. The fraction of sp³-hybridized carbons (Fsp3) is 0.375. The van der Waals surface area contributed by atoms with E-state index in [9.17, 15) is 9.59 Å². The van der Waals surface area contributed by atoms with Gasteiger partial charge < -0.3 is 10.0 Å². The summed E-state index contributed by atoms with van der Waals surface area (Å²) in [5.41, 5.74) is 2.07. The summed E-state index contributed by atoms with van der Waals surface area (Å²) in [4.78, 5) is 24.5. The van der Waals surface area contributed by atoms with Crippen molar-refractivity contribution in [1.82, 2.24) is 19.7 Å². The van der Waals surface area contributed by atoms with Gasteiger partial charge in [0, 0.05) is 12.2 Å². The first kappa shape index (κ1) is 18.0. The van der Waals surface area contributed by atoms with Gasteiger partial charge in [0.1, 0.15) is 12.9 Å². The second-order valence-corrected chi connectivity index (χ2v) is 6.26. The molecule has 128 valence electrons. The summed E-state index contributed by atoms with van der Waals surface area (Å²) in [5, 5.41) is 17.4. The van der Waals surface area contributed by atoms with E-state index >= 15 is 0 Å². The SMILES string of the molecule is CCCN(CC(=O)O)C(=O)CSc1nncn1-c1ccc(C)cc1. The average Bonchev–Trinajstić information content (AvgIpc) is 3.01. The molecule has 1 N–H and O–H groups in total. The molecule has 0 radical (unpaired) electrons. The van der Waals surface area contributed by atoms with Crippen LogP contribution >= 0.6 is 11.8 Å². The van der Waals surface area contributed by atoms with Gasteiger partial charge in [-0.25, -0.2) is 0 Å². The van der Waals surface area contributed by atoms with Crippen molar-refractivity contribution in [2.45, 2.75) is 25.4 Å². The van der Waals surface area contributed by atoms with Crippen molar-refractivity contribution in [2.24, 2.45) is 0 Å². The maximum absolute atomic E-state index is 12.2. The van der Waals surface area contributed by atoms with Crippen LogP contribution in [0.25, 0.3) is 5.69 Å². The summed E-state index contributed by atoms with van der Waals surface area (Å²) < 4.78 is 1.80. The van der Waals surface area contributed by atoms with Crippen molar-refractivity contribution in [3.63, 3.8) is 0 Å². The predicted octanol–water partition coefficient (Wildman–Crippen LogP) is 1.99. The summed E-state index contributed by atoms with van der Waals surface area (Å²) in [6.45, 7) is 4.06. The summed E-state index contributed by atoms with van der Waals surface area (Å²) in [6, 6.07) is 7.90. The molecule has 0 bridgehead atoms. The maximum Gasteiger partial charge on any atom is 0.323 e. The Bertz CT molecular complexity index is 700. The van der Waals surface area contributed by atoms with E-state index in [4.69, 9.17) is 5.11 Å².